The second-order valence-electron chi connectivity index (χ2n) is 9.35. The number of H-pyrrole nitrogens is 1. The number of nitrogens with one attached hydrogen (secondary N) is 2. The molecule has 1 aromatic heterocycles. The molecular weight excluding hydrogens is 420 g/mol. The minimum Gasteiger partial charge on any atom is -0.371 e. The Hall–Kier alpha value is -3.12. The van der Waals surface area contributed by atoms with Crippen LogP contribution in [0.4, 0.5) is 5.69 Å². The molecule has 9 heteroatoms. The zero-order chi connectivity index (χ0) is 23.7. The van der Waals surface area contributed by atoms with Gasteiger partial charge in [0.05, 0.1) is 17.0 Å². The predicted molar refractivity (Wildman–Crippen MR) is 127 cm³/mol. The lowest BCUT2D eigenvalue weighted by Crippen LogP contribution is -2.47. The van der Waals surface area contributed by atoms with Gasteiger partial charge in [-0.15, -0.1) is 0 Å². The first-order chi connectivity index (χ1) is 15.8. The van der Waals surface area contributed by atoms with Gasteiger partial charge in [-0.2, -0.15) is 5.26 Å². The van der Waals surface area contributed by atoms with Crippen molar-refractivity contribution in [2.45, 2.75) is 51.6 Å². The van der Waals surface area contributed by atoms with Crippen LogP contribution in [0.3, 0.4) is 0 Å². The molecule has 2 atom stereocenters. The molecule has 2 fully saturated rings. The molecule has 4 rings (SSSR count). The lowest BCUT2D eigenvalue weighted by atomic mass is 9.97. The van der Waals surface area contributed by atoms with Crippen LogP contribution in [0.15, 0.2) is 21.7 Å². The standard InChI is InChI=1S/C24H32N6O3/c1-15-20(8-7-19-22(15)30(18-5-6-18)24(33)27-23(19)32)29-12-9-17(14-29)21(13-26-16(2)31)28(3)11-4-10-25/h7-8,17-18,21H,4-6,9,11-14H2,1-3H3,(H,26,31)(H,27,32,33). The molecule has 2 aromatic rings. The number of hydrogen-bond donors (Lipinski definition) is 2. The van der Waals surface area contributed by atoms with Gasteiger partial charge in [-0.05, 0) is 56.8 Å². The minimum atomic E-state index is -0.338. The van der Waals surface area contributed by atoms with Crippen molar-refractivity contribution >= 4 is 22.5 Å². The zero-order valence-corrected chi connectivity index (χ0v) is 19.6. The number of hydrogen-bond acceptors (Lipinski definition) is 6. The fraction of sp³-hybridized carbons (Fsp3) is 0.583. The number of aromatic nitrogens is 2. The van der Waals surface area contributed by atoms with Crippen LogP contribution >= 0.6 is 0 Å². The SMILES string of the molecule is CC(=O)NCC(C1CCN(c2ccc3c(=O)[nH]c(=O)n(C4CC4)c3c2C)C1)N(C)CCC#N. The van der Waals surface area contributed by atoms with Gasteiger partial charge in [0.15, 0.2) is 0 Å². The lowest BCUT2D eigenvalue weighted by molar-refractivity contribution is -0.119. The third-order valence-electron chi connectivity index (χ3n) is 7.05. The smallest absolute Gasteiger partial charge is 0.329 e. The van der Waals surface area contributed by atoms with Gasteiger partial charge in [0.25, 0.3) is 5.56 Å². The van der Waals surface area contributed by atoms with E-state index < -0.39 is 0 Å². The van der Waals surface area contributed by atoms with E-state index in [0.717, 1.165) is 49.1 Å². The molecule has 33 heavy (non-hydrogen) atoms. The van der Waals surface area contributed by atoms with E-state index >= 15 is 0 Å². The van der Waals surface area contributed by atoms with Crippen molar-refractivity contribution in [2.75, 3.05) is 38.1 Å². The number of anilines is 1. The number of likely N-dealkylation sites (N-methyl/N-ethyl adjacent to an activating group) is 1. The topological polar surface area (TPSA) is 114 Å². The largest absolute Gasteiger partial charge is 0.371 e. The molecule has 1 saturated carbocycles. The van der Waals surface area contributed by atoms with Gasteiger partial charge in [0.2, 0.25) is 5.91 Å². The predicted octanol–water partition coefficient (Wildman–Crippen LogP) is 1.51. The number of fused-ring (bicyclic) bond motifs is 1. The van der Waals surface area contributed by atoms with Gasteiger partial charge in [0, 0.05) is 57.3 Å². The number of amides is 1. The second kappa shape index (κ2) is 9.40. The van der Waals surface area contributed by atoms with Crippen LogP contribution in [0.5, 0.6) is 0 Å². The van der Waals surface area contributed by atoms with E-state index in [1.54, 1.807) is 4.57 Å². The first-order valence-electron chi connectivity index (χ1n) is 11.7. The van der Waals surface area contributed by atoms with E-state index in [2.05, 4.69) is 26.2 Å². The molecule has 1 aromatic carbocycles. The highest BCUT2D eigenvalue weighted by molar-refractivity contribution is 5.87. The van der Waals surface area contributed by atoms with Gasteiger partial charge in [-0.3, -0.25) is 19.1 Å². The Bertz CT molecular complexity index is 1210. The van der Waals surface area contributed by atoms with Crippen LogP contribution in [0.25, 0.3) is 10.9 Å². The van der Waals surface area contributed by atoms with E-state index in [4.69, 9.17) is 5.26 Å². The van der Waals surface area contributed by atoms with Crippen LogP contribution in [0.2, 0.25) is 0 Å². The Morgan fingerprint density at radius 2 is 2.09 bits per heavy atom. The maximum Gasteiger partial charge on any atom is 0.329 e. The number of nitrogens with zero attached hydrogens (tertiary/aromatic N) is 4. The molecule has 0 radical (unpaired) electrons. The summed E-state index contributed by atoms with van der Waals surface area (Å²) in [7, 11) is 2.01. The van der Waals surface area contributed by atoms with Gasteiger partial charge >= 0.3 is 5.69 Å². The van der Waals surface area contributed by atoms with Crippen molar-refractivity contribution in [1.82, 2.24) is 19.8 Å². The molecule has 1 amide bonds. The lowest BCUT2D eigenvalue weighted by Gasteiger charge is -2.33. The number of aromatic amines is 1. The van der Waals surface area contributed by atoms with Crippen molar-refractivity contribution in [2.24, 2.45) is 5.92 Å². The number of aryl methyl sites for hydroxylation is 1. The van der Waals surface area contributed by atoms with E-state index in [1.807, 2.05) is 26.1 Å². The van der Waals surface area contributed by atoms with Gasteiger partial charge < -0.3 is 15.1 Å². The summed E-state index contributed by atoms with van der Waals surface area (Å²) in [6.45, 7) is 6.38. The number of benzene rings is 1. The van der Waals surface area contributed by atoms with E-state index in [-0.39, 0.29) is 29.2 Å². The molecule has 9 nitrogen and oxygen atoms in total. The number of rotatable bonds is 8. The number of nitriles is 1. The first kappa shape index (κ1) is 23.1. The average Bonchev–Trinajstić information content (AvgIpc) is 3.49. The fourth-order valence-corrected chi connectivity index (χ4v) is 5.18. The van der Waals surface area contributed by atoms with Crippen LogP contribution < -0.4 is 21.5 Å². The molecule has 2 heterocycles. The van der Waals surface area contributed by atoms with Crippen molar-refractivity contribution in [3.8, 4) is 6.07 Å². The van der Waals surface area contributed by atoms with Crippen LogP contribution in [-0.2, 0) is 4.79 Å². The van der Waals surface area contributed by atoms with Crippen molar-refractivity contribution in [3.05, 3.63) is 38.5 Å². The quantitative estimate of drug-likeness (QED) is 0.628. The normalized spacial score (nSPS) is 19.1. The van der Waals surface area contributed by atoms with E-state index in [9.17, 15) is 14.4 Å². The van der Waals surface area contributed by atoms with E-state index in [0.29, 0.717) is 30.8 Å². The summed E-state index contributed by atoms with van der Waals surface area (Å²) in [5.41, 5.74) is 2.08. The molecule has 2 unspecified atom stereocenters. The number of carbonyl (C=O) groups excluding carboxylic acids is 1. The summed E-state index contributed by atoms with van der Waals surface area (Å²) >= 11 is 0. The van der Waals surface area contributed by atoms with Gasteiger partial charge in [-0.25, -0.2) is 4.79 Å². The maximum absolute atomic E-state index is 12.6. The molecule has 1 aliphatic carbocycles. The third kappa shape index (κ3) is 4.67. The fourth-order valence-electron chi connectivity index (χ4n) is 5.18. The molecule has 0 spiro atoms. The molecule has 176 valence electrons. The van der Waals surface area contributed by atoms with Crippen molar-refractivity contribution in [1.29, 1.82) is 5.26 Å². The molecular formula is C24H32N6O3. The van der Waals surface area contributed by atoms with Gasteiger partial charge in [-0.1, -0.05) is 0 Å². The molecule has 2 N–H and O–H groups in total. The Kier molecular flexibility index (Phi) is 6.56. The van der Waals surface area contributed by atoms with Crippen molar-refractivity contribution < 1.29 is 4.79 Å². The first-order valence-corrected chi connectivity index (χ1v) is 11.7. The second-order valence-corrected chi connectivity index (χ2v) is 9.35. The monoisotopic (exact) mass is 452 g/mol. The Morgan fingerprint density at radius 3 is 2.76 bits per heavy atom. The molecule has 0 bridgehead atoms. The molecule has 1 saturated heterocycles. The highest BCUT2D eigenvalue weighted by Gasteiger charge is 2.34. The Labute approximate surface area is 193 Å². The summed E-state index contributed by atoms with van der Waals surface area (Å²) in [6.07, 6.45) is 3.32. The summed E-state index contributed by atoms with van der Waals surface area (Å²) in [5, 5.41) is 12.5. The molecule has 2 aliphatic rings. The van der Waals surface area contributed by atoms with Crippen LogP contribution in [0, 0.1) is 24.2 Å². The summed E-state index contributed by atoms with van der Waals surface area (Å²) in [4.78, 5) is 43.6. The highest BCUT2D eigenvalue weighted by Crippen LogP contribution is 2.38. The Morgan fingerprint density at radius 1 is 1.33 bits per heavy atom. The summed E-state index contributed by atoms with van der Waals surface area (Å²) in [6, 6.07) is 6.30. The molecule has 1 aliphatic heterocycles. The Balaban J connectivity index is 1.63. The van der Waals surface area contributed by atoms with Crippen LogP contribution in [-0.4, -0.2) is 59.6 Å². The number of carbonyl (C=O) groups is 1. The van der Waals surface area contributed by atoms with Crippen molar-refractivity contribution in [3.63, 3.8) is 0 Å². The average molecular weight is 453 g/mol. The summed E-state index contributed by atoms with van der Waals surface area (Å²) < 4.78 is 1.76. The zero-order valence-electron chi connectivity index (χ0n) is 19.6. The van der Waals surface area contributed by atoms with Gasteiger partial charge in [0.1, 0.15) is 0 Å². The highest BCUT2D eigenvalue weighted by atomic mass is 16.2. The third-order valence-corrected chi connectivity index (χ3v) is 7.05. The minimum absolute atomic E-state index is 0.0582. The van der Waals surface area contributed by atoms with Crippen LogP contribution in [0.1, 0.15) is 44.2 Å². The summed E-state index contributed by atoms with van der Waals surface area (Å²) in [5.74, 6) is 0.262. The maximum atomic E-state index is 12.6. The van der Waals surface area contributed by atoms with E-state index in [1.165, 1.54) is 6.92 Å².